The molecule has 1 heterocycles. The van der Waals surface area contributed by atoms with E-state index in [2.05, 4.69) is 4.72 Å². The Kier molecular flexibility index (Phi) is 7.55. The zero-order valence-electron chi connectivity index (χ0n) is 17.1. The van der Waals surface area contributed by atoms with Crippen LogP contribution in [-0.2, 0) is 6.18 Å². The van der Waals surface area contributed by atoms with E-state index in [1.807, 2.05) is 4.90 Å². The Bertz CT molecular complexity index is 991. The van der Waals surface area contributed by atoms with Gasteiger partial charge in [0.15, 0.2) is 6.61 Å². The van der Waals surface area contributed by atoms with Gasteiger partial charge in [-0.25, -0.2) is 4.79 Å². The second-order valence-corrected chi connectivity index (χ2v) is 8.20. The van der Waals surface area contributed by atoms with Gasteiger partial charge in [0.25, 0.3) is 0 Å². The number of carbonyl (C=O) groups is 1. The van der Waals surface area contributed by atoms with E-state index in [1.54, 1.807) is 0 Å². The van der Waals surface area contributed by atoms with Gasteiger partial charge in [-0.2, -0.15) is 26.3 Å². The molecule has 0 saturated carbocycles. The first kappa shape index (κ1) is 24.9. The average molecular weight is 494 g/mol. The first-order valence-corrected chi connectivity index (χ1v) is 10.7. The molecular formula is C21H20F6N2O3S. The summed E-state index contributed by atoms with van der Waals surface area (Å²) in [6.45, 7) is -0.298. The fraction of sp³-hybridized carbons (Fsp3) is 0.381. The highest BCUT2D eigenvalue weighted by Crippen LogP contribution is 2.39. The largest absolute Gasteiger partial charge is 0.483 e. The Labute approximate surface area is 189 Å². The van der Waals surface area contributed by atoms with Gasteiger partial charge in [0.2, 0.25) is 0 Å². The summed E-state index contributed by atoms with van der Waals surface area (Å²) in [7, 11) is 0. The second kappa shape index (κ2) is 10.0. The Hall–Kier alpha value is -2.76. The first-order chi connectivity index (χ1) is 15.4. The summed E-state index contributed by atoms with van der Waals surface area (Å²) in [5.41, 5.74) is -0.472. The molecule has 0 radical (unpaired) electrons. The maximum absolute atomic E-state index is 13.3. The van der Waals surface area contributed by atoms with Crippen molar-refractivity contribution in [3.05, 3.63) is 47.5 Å². The number of hydrogen-bond donors (Lipinski definition) is 2. The molecule has 0 aliphatic carbocycles. The van der Waals surface area contributed by atoms with Crippen molar-refractivity contribution in [2.24, 2.45) is 0 Å². The number of piperidine rings is 1. The Morgan fingerprint density at radius 1 is 1.03 bits per heavy atom. The van der Waals surface area contributed by atoms with Crippen molar-refractivity contribution < 1.29 is 41.0 Å². The molecule has 0 atom stereocenters. The van der Waals surface area contributed by atoms with Crippen LogP contribution in [0, 0.1) is 0 Å². The van der Waals surface area contributed by atoms with Crippen LogP contribution in [0.4, 0.5) is 37.7 Å². The van der Waals surface area contributed by atoms with Crippen molar-refractivity contribution in [3.63, 3.8) is 0 Å². The number of benzene rings is 2. The van der Waals surface area contributed by atoms with E-state index >= 15 is 0 Å². The summed E-state index contributed by atoms with van der Waals surface area (Å²) < 4.78 is 85.2. The van der Waals surface area contributed by atoms with Gasteiger partial charge < -0.3 is 19.5 Å². The highest BCUT2D eigenvalue weighted by atomic mass is 32.2. The molecule has 0 aromatic heterocycles. The molecule has 180 valence electrons. The number of aromatic carboxylic acids is 1. The number of nitrogens with one attached hydrogen (secondary N) is 1. The maximum Gasteiger partial charge on any atom is 0.422 e. The normalized spacial score (nSPS) is 14.8. The Morgan fingerprint density at radius 2 is 1.73 bits per heavy atom. The third-order valence-electron chi connectivity index (χ3n) is 4.87. The first-order valence-electron chi connectivity index (χ1n) is 9.90. The molecular weight excluding hydrogens is 474 g/mol. The Morgan fingerprint density at radius 3 is 2.33 bits per heavy atom. The van der Waals surface area contributed by atoms with Crippen LogP contribution in [0.1, 0.15) is 35.2 Å². The molecule has 2 N–H and O–H groups in total. The minimum Gasteiger partial charge on any atom is -0.483 e. The molecule has 3 rings (SSSR count). The maximum atomic E-state index is 13.3. The number of rotatable bonds is 7. The number of alkyl halides is 6. The number of halogens is 6. The van der Waals surface area contributed by atoms with Gasteiger partial charge in [-0.3, -0.25) is 0 Å². The second-order valence-electron chi connectivity index (χ2n) is 7.35. The van der Waals surface area contributed by atoms with Crippen LogP contribution in [0.2, 0.25) is 0 Å². The monoisotopic (exact) mass is 494 g/mol. The van der Waals surface area contributed by atoms with E-state index in [9.17, 15) is 36.2 Å². The number of hydrogen-bond acceptors (Lipinski definition) is 5. The number of anilines is 2. The van der Waals surface area contributed by atoms with Gasteiger partial charge in [0.1, 0.15) is 5.75 Å². The van der Waals surface area contributed by atoms with E-state index in [-0.39, 0.29) is 21.9 Å². The molecule has 2 aromatic rings. The third kappa shape index (κ3) is 6.86. The molecule has 0 bridgehead atoms. The van der Waals surface area contributed by atoms with Gasteiger partial charge in [-0.1, -0.05) is 0 Å². The van der Waals surface area contributed by atoms with Crippen molar-refractivity contribution >= 4 is 29.3 Å². The van der Waals surface area contributed by atoms with Gasteiger partial charge >= 0.3 is 18.3 Å². The number of nitrogens with zero attached hydrogens (tertiary/aromatic N) is 1. The van der Waals surface area contributed by atoms with Crippen LogP contribution in [0.5, 0.6) is 5.75 Å². The average Bonchev–Trinajstić information content (AvgIpc) is 2.75. The zero-order chi connectivity index (χ0) is 24.2. The molecule has 5 nitrogen and oxygen atoms in total. The fourth-order valence-electron chi connectivity index (χ4n) is 3.31. The SMILES string of the molecule is O=C(O)c1ccc(OCC(F)(F)F)c(SNc2cc(C(F)(F)F)ccc2N2CCCCC2)c1. The van der Waals surface area contributed by atoms with Crippen molar-refractivity contribution in [2.75, 3.05) is 29.3 Å². The molecule has 0 spiro atoms. The van der Waals surface area contributed by atoms with Crippen molar-refractivity contribution in [2.45, 2.75) is 36.5 Å². The van der Waals surface area contributed by atoms with Gasteiger partial charge in [-0.05, 0) is 67.6 Å². The summed E-state index contributed by atoms with van der Waals surface area (Å²) >= 11 is 0.680. The van der Waals surface area contributed by atoms with Crippen LogP contribution in [0.15, 0.2) is 41.3 Å². The predicted molar refractivity (Wildman–Crippen MR) is 112 cm³/mol. The van der Waals surface area contributed by atoms with Gasteiger partial charge in [-0.15, -0.1) is 0 Å². The molecule has 1 aliphatic heterocycles. The number of carboxylic acid groups (broad SMARTS) is 1. The highest BCUT2D eigenvalue weighted by Gasteiger charge is 2.32. The molecule has 2 aromatic carbocycles. The molecule has 12 heteroatoms. The third-order valence-corrected chi connectivity index (χ3v) is 5.73. The lowest BCUT2D eigenvalue weighted by Gasteiger charge is -2.31. The lowest BCUT2D eigenvalue weighted by molar-refractivity contribution is -0.153. The summed E-state index contributed by atoms with van der Waals surface area (Å²) in [5, 5.41) is 9.20. The zero-order valence-corrected chi connectivity index (χ0v) is 17.9. The van der Waals surface area contributed by atoms with Crippen molar-refractivity contribution in [1.29, 1.82) is 0 Å². The van der Waals surface area contributed by atoms with Gasteiger partial charge in [0, 0.05) is 13.1 Å². The van der Waals surface area contributed by atoms with Crippen molar-refractivity contribution in [1.82, 2.24) is 0 Å². The van der Waals surface area contributed by atoms with Crippen LogP contribution < -0.4 is 14.4 Å². The van der Waals surface area contributed by atoms with Gasteiger partial charge in [0.05, 0.1) is 27.4 Å². The lowest BCUT2D eigenvalue weighted by atomic mass is 10.1. The molecule has 1 fully saturated rings. The molecule has 1 aliphatic rings. The van der Waals surface area contributed by atoms with Crippen LogP contribution in [0.3, 0.4) is 0 Å². The van der Waals surface area contributed by atoms with E-state index in [0.717, 1.165) is 49.6 Å². The fourth-order valence-corrected chi connectivity index (χ4v) is 4.11. The molecule has 0 unspecified atom stereocenters. The topological polar surface area (TPSA) is 61.8 Å². The van der Waals surface area contributed by atoms with E-state index in [4.69, 9.17) is 4.74 Å². The summed E-state index contributed by atoms with van der Waals surface area (Å²) in [4.78, 5) is 13.2. The number of ether oxygens (including phenoxy) is 1. The minimum absolute atomic E-state index is 0.0128. The highest BCUT2D eigenvalue weighted by molar-refractivity contribution is 8.00. The molecule has 0 amide bonds. The summed E-state index contributed by atoms with van der Waals surface area (Å²) in [6.07, 6.45) is -6.45. The molecule has 33 heavy (non-hydrogen) atoms. The summed E-state index contributed by atoms with van der Waals surface area (Å²) in [5.74, 6) is -1.56. The summed E-state index contributed by atoms with van der Waals surface area (Å²) in [6, 6.07) is 6.51. The smallest absolute Gasteiger partial charge is 0.422 e. The van der Waals surface area contributed by atoms with E-state index < -0.39 is 30.5 Å². The van der Waals surface area contributed by atoms with E-state index in [0.29, 0.717) is 30.7 Å². The lowest BCUT2D eigenvalue weighted by Crippen LogP contribution is -2.30. The number of carboxylic acids is 1. The standard InChI is InChI=1S/C21H20F6N2O3S/c22-20(23,24)12-32-17-7-4-13(19(30)31)10-18(17)33-28-15-11-14(21(25,26)27)5-6-16(15)29-8-2-1-3-9-29/h4-7,10-11,28H,1-3,8-9,12H2,(H,30,31). The van der Waals surface area contributed by atoms with Crippen LogP contribution >= 0.6 is 11.9 Å². The van der Waals surface area contributed by atoms with Crippen molar-refractivity contribution in [3.8, 4) is 5.75 Å². The van der Waals surface area contributed by atoms with Crippen LogP contribution in [-0.4, -0.2) is 36.9 Å². The van der Waals surface area contributed by atoms with E-state index in [1.165, 1.54) is 6.07 Å². The molecule has 1 saturated heterocycles. The quantitative estimate of drug-likeness (QED) is 0.341. The minimum atomic E-state index is -4.62. The predicted octanol–water partition coefficient (Wildman–Crippen LogP) is 6.45. The Balaban J connectivity index is 1.92. The van der Waals surface area contributed by atoms with Crippen LogP contribution in [0.25, 0.3) is 0 Å².